The van der Waals surface area contributed by atoms with Crippen LogP contribution in [0.4, 0.5) is 0 Å². The van der Waals surface area contributed by atoms with Crippen molar-refractivity contribution in [3.63, 3.8) is 0 Å². The van der Waals surface area contributed by atoms with Crippen molar-refractivity contribution in [3.8, 4) is 0 Å². The van der Waals surface area contributed by atoms with Crippen LogP contribution in [0.15, 0.2) is 36.4 Å². The largest absolute Gasteiger partial charge is 0.352 e. The highest BCUT2D eigenvalue weighted by molar-refractivity contribution is 9.09. The van der Waals surface area contributed by atoms with Crippen molar-refractivity contribution in [2.45, 2.75) is 26.1 Å². The number of alkyl halides is 1. The van der Waals surface area contributed by atoms with Gasteiger partial charge in [0.1, 0.15) is 0 Å². The van der Waals surface area contributed by atoms with Crippen LogP contribution in [0, 0.1) is 0 Å². The van der Waals surface area contributed by atoms with Gasteiger partial charge >= 0.3 is 0 Å². The van der Waals surface area contributed by atoms with Gasteiger partial charge in [-0.3, -0.25) is 0 Å². The molecule has 0 radical (unpaired) electrons. The summed E-state index contributed by atoms with van der Waals surface area (Å²) in [6.45, 7) is 3.47. The minimum atomic E-state index is -0.156. The van der Waals surface area contributed by atoms with E-state index in [-0.39, 0.29) is 6.29 Å². The van der Waals surface area contributed by atoms with E-state index < -0.39 is 0 Å². The third-order valence-corrected chi connectivity index (χ3v) is 2.94. The van der Waals surface area contributed by atoms with E-state index in [4.69, 9.17) is 9.47 Å². The van der Waals surface area contributed by atoms with E-state index in [0.717, 1.165) is 19.4 Å². The molecule has 0 aliphatic carbocycles. The fourth-order valence-corrected chi connectivity index (χ4v) is 1.78. The summed E-state index contributed by atoms with van der Waals surface area (Å²) >= 11 is 3.39. The Balaban J connectivity index is 2.20. The number of unbranched alkanes of at least 4 members (excludes halogenated alkanes) is 1. The fraction of sp³-hybridized carbons (Fsp3) is 0.467. The predicted molar refractivity (Wildman–Crippen MR) is 79.9 cm³/mol. The summed E-state index contributed by atoms with van der Waals surface area (Å²) in [4.78, 5) is 0. The first-order chi connectivity index (χ1) is 8.86. The van der Waals surface area contributed by atoms with Gasteiger partial charge in [-0.15, -0.1) is 0 Å². The molecule has 1 atom stereocenters. The molecule has 0 heterocycles. The van der Waals surface area contributed by atoms with E-state index in [1.807, 2.05) is 24.3 Å². The summed E-state index contributed by atoms with van der Waals surface area (Å²) in [5, 5.41) is 0.704. The van der Waals surface area contributed by atoms with Crippen molar-refractivity contribution in [1.29, 1.82) is 0 Å². The normalized spacial score (nSPS) is 13.0. The van der Waals surface area contributed by atoms with E-state index in [1.54, 1.807) is 0 Å². The van der Waals surface area contributed by atoms with Gasteiger partial charge in [0, 0.05) is 6.61 Å². The number of halogens is 1. The Morgan fingerprint density at radius 1 is 1.22 bits per heavy atom. The first kappa shape index (κ1) is 15.4. The molecule has 0 amide bonds. The summed E-state index contributed by atoms with van der Waals surface area (Å²) < 4.78 is 11.2. The third-order valence-electron chi connectivity index (χ3n) is 2.42. The minimum absolute atomic E-state index is 0.156. The van der Waals surface area contributed by atoms with Crippen LogP contribution in [-0.4, -0.2) is 24.8 Å². The maximum Gasteiger partial charge on any atom is 0.167 e. The number of hydrogen-bond donors (Lipinski definition) is 0. The van der Waals surface area contributed by atoms with Crippen LogP contribution in [0.2, 0.25) is 0 Å². The molecule has 1 rings (SSSR count). The van der Waals surface area contributed by atoms with E-state index in [0.29, 0.717) is 11.9 Å². The van der Waals surface area contributed by atoms with Gasteiger partial charge in [-0.1, -0.05) is 71.8 Å². The lowest BCUT2D eigenvalue weighted by Crippen LogP contribution is -2.19. The summed E-state index contributed by atoms with van der Waals surface area (Å²) in [6.07, 6.45) is 6.12. The topological polar surface area (TPSA) is 18.5 Å². The zero-order chi connectivity index (χ0) is 13.1. The van der Waals surface area contributed by atoms with Gasteiger partial charge in [-0.2, -0.15) is 0 Å². The standard InChI is InChI=1S/C15H21BrO2/c1-2-3-11-17-15(13-16)18-12-7-10-14-8-5-4-6-9-14/h4-10,15H,2-3,11-13H2,1H3/b10-7+. The van der Waals surface area contributed by atoms with E-state index in [2.05, 4.69) is 41.1 Å². The Labute approximate surface area is 118 Å². The van der Waals surface area contributed by atoms with Crippen molar-refractivity contribution in [2.75, 3.05) is 18.5 Å². The molecule has 100 valence electrons. The SMILES string of the molecule is CCCCOC(CBr)OC/C=C/c1ccccc1. The first-order valence-electron chi connectivity index (χ1n) is 6.37. The molecule has 0 aromatic heterocycles. The second-order valence-electron chi connectivity index (χ2n) is 3.95. The molecule has 0 spiro atoms. The van der Waals surface area contributed by atoms with Crippen LogP contribution >= 0.6 is 15.9 Å². The van der Waals surface area contributed by atoms with Crippen LogP contribution in [0.3, 0.4) is 0 Å². The van der Waals surface area contributed by atoms with Crippen LogP contribution in [0.25, 0.3) is 6.08 Å². The molecule has 0 saturated carbocycles. The summed E-state index contributed by atoms with van der Waals surface area (Å²) in [6, 6.07) is 10.2. The second kappa shape index (κ2) is 10.3. The van der Waals surface area contributed by atoms with Gasteiger partial charge in [0.2, 0.25) is 0 Å². The van der Waals surface area contributed by atoms with Gasteiger partial charge in [0.05, 0.1) is 11.9 Å². The zero-order valence-electron chi connectivity index (χ0n) is 10.8. The molecule has 0 saturated heterocycles. The van der Waals surface area contributed by atoms with Gasteiger partial charge in [0.25, 0.3) is 0 Å². The zero-order valence-corrected chi connectivity index (χ0v) is 12.4. The number of ether oxygens (including phenoxy) is 2. The lowest BCUT2D eigenvalue weighted by Gasteiger charge is -2.14. The Morgan fingerprint density at radius 2 is 2.00 bits per heavy atom. The molecule has 0 bridgehead atoms. The molecule has 2 nitrogen and oxygen atoms in total. The molecule has 1 aromatic rings. The highest BCUT2D eigenvalue weighted by Gasteiger charge is 2.05. The molecule has 0 aliphatic rings. The van der Waals surface area contributed by atoms with E-state index in [9.17, 15) is 0 Å². The second-order valence-corrected chi connectivity index (χ2v) is 4.60. The van der Waals surface area contributed by atoms with Crippen molar-refractivity contribution >= 4 is 22.0 Å². The average molecular weight is 313 g/mol. The smallest absolute Gasteiger partial charge is 0.167 e. The quantitative estimate of drug-likeness (QED) is 0.385. The lowest BCUT2D eigenvalue weighted by atomic mass is 10.2. The molecule has 1 aromatic carbocycles. The summed E-state index contributed by atoms with van der Waals surface area (Å²) in [7, 11) is 0. The maximum absolute atomic E-state index is 5.60. The highest BCUT2D eigenvalue weighted by Crippen LogP contribution is 2.04. The first-order valence-corrected chi connectivity index (χ1v) is 7.49. The predicted octanol–water partition coefficient (Wildman–Crippen LogP) is 4.25. The Bertz CT molecular complexity index is 325. The molecule has 0 N–H and O–H groups in total. The molecular weight excluding hydrogens is 292 g/mol. The Kier molecular flexibility index (Phi) is 8.82. The lowest BCUT2D eigenvalue weighted by molar-refractivity contribution is -0.118. The third kappa shape index (κ3) is 6.94. The van der Waals surface area contributed by atoms with Crippen molar-refractivity contribution in [1.82, 2.24) is 0 Å². The fourth-order valence-electron chi connectivity index (χ4n) is 1.41. The molecular formula is C15H21BrO2. The van der Waals surface area contributed by atoms with Gasteiger partial charge in [-0.25, -0.2) is 0 Å². The number of rotatable bonds is 9. The van der Waals surface area contributed by atoms with Crippen LogP contribution in [0.1, 0.15) is 25.3 Å². The van der Waals surface area contributed by atoms with Crippen LogP contribution in [-0.2, 0) is 9.47 Å². The van der Waals surface area contributed by atoms with Crippen molar-refractivity contribution < 1.29 is 9.47 Å². The summed E-state index contributed by atoms with van der Waals surface area (Å²) in [5.74, 6) is 0. The molecule has 3 heteroatoms. The molecule has 0 fully saturated rings. The van der Waals surface area contributed by atoms with Crippen LogP contribution in [0.5, 0.6) is 0 Å². The van der Waals surface area contributed by atoms with Crippen molar-refractivity contribution in [3.05, 3.63) is 42.0 Å². The monoisotopic (exact) mass is 312 g/mol. The number of benzene rings is 1. The van der Waals surface area contributed by atoms with Crippen molar-refractivity contribution in [2.24, 2.45) is 0 Å². The minimum Gasteiger partial charge on any atom is -0.352 e. The van der Waals surface area contributed by atoms with E-state index >= 15 is 0 Å². The van der Waals surface area contributed by atoms with Gasteiger partial charge in [-0.05, 0) is 12.0 Å². The van der Waals surface area contributed by atoms with E-state index in [1.165, 1.54) is 5.56 Å². The summed E-state index contributed by atoms with van der Waals surface area (Å²) in [5.41, 5.74) is 1.18. The van der Waals surface area contributed by atoms with Crippen LogP contribution < -0.4 is 0 Å². The Morgan fingerprint density at radius 3 is 2.67 bits per heavy atom. The Hall–Kier alpha value is -0.640. The average Bonchev–Trinajstić information content (AvgIpc) is 2.43. The van der Waals surface area contributed by atoms with Gasteiger partial charge < -0.3 is 9.47 Å². The maximum atomic E-state index is 5.60. The molecule has 0 aliphatic heterocycles. The number of hydrogen-bond acceptors (Lipinski definition) is 2. The molecule has 1 unspecified atom stereocenters. The highest BCUT2D eigenvalue weighted by atomic mass is 79.9. The van der Waals surface area contributed by atoms with Gasteiger partial charge in [0.15, 0.2) is 6.29 Å². The molecule has 18 heavy (non-hydrogen) atoms.